The molecular weight excluding hydrogens is 110 g/mol. The van der Waals surface area contributed by atoms with Crippen LogP contribution in [0.4, 0.5) is 0 Å². The van der Waals surface area contributed by atoms with Crippen molar-refractivity contribution in [2.24, 2.45) is 0 Å². The lowest BCUT2D eigenvalue weighted by molar-refractivity contribution is 0.162. The van der Waals surface area contributed by atoms with E-state index in [1.54, 1.807) is 0 Å². The first-order valence-corrected chi connectivity index (χ1v) is 4.02. The molecule has 0 aromatic heterocycles. The van der Waals surface area contributed by atoms with Crippen LogP contribution in [0.5, 0.6) is 0 Å². The van der Waals surface area contributed by atoms with E-state index >= 15 is 0 Å². The van der Waals surface area contributed by atoms with Crippen LogP contribution in [0, 0.1) is 6.42 Å². The van der Waals surface area contributed by atoms with Crippen molar-refractivity contribution in [2.45, 2.75) is 31.7 Å². The van der Waals surface area contributed by atoms with Gasteiger partial charge in [-0.15, -0.1) is 0 Å². The Labute approximate surface area is 57.0 Å². The molecule has 0 N–H and O–H groups in total. The molecule has 0 atom stereocenters. The fraction of sp³-hybridized carbons (Fsp3) is 0.875. The summed E-state index contributed by atoms with van der Waals surface area (Å²) in [5.74, 6) is 0. The van der Waals surface area contributed by atoms with Gasteiger partial charge in [0.25, 0.3) is 0 Å². The van der Waals surface area contributed by atoms with E-state index in [1.165, 1.54) is 38.8 Å². The molecule has 0 amide bonds. The Morgan fingerprint density at radius 2 is 2.22 bits per heavy atom. The van der Waals surface area contributed by atoms with Gasteiger partial charge < -0.3 is 4.90 Å². The molecule has 0 aromatic carbocycles. The summed E-state index contributed by atoms with van der Waals surface area (Å²) in [5.41, 5.74) is 0. The van der Waals surface area contributed by atoms with Gasteiger partial charge >= 0.3 is 0 Å². The van der Waals surface area contributed by atoms with E-state index in [-0.39, 0.29) is 0 Å². The van der Waals surface area contributed by atoms with E-state index in [0.29, 0.717) is 0 Å². The van der Waals surface area contributed by atoms with E-state index in [9.17, 15) is 0 Å². The minimum atomic E-state index is 0.976. The highest BCUT2D eigenvalue weighted by molar-refractivity contribution is 4.88. The second-order valence-electron chi connectivity index (χ2n) is 3.16. The van der Waals surface area contributed by atoms with Crippen LogP contribution in [-0.2, 0) is 0 Å². The zero-order chi connectivity index (χ0) is 6.10. The van der Waals surface area contributed by atoms with Crippen molar-refractivity contribution < 1.29 is 0 Å². The van der Waals surface area contributed by atoms with Gasteiger partial charge in [0.2, 0.25) is 0 Å². The predicted molar refractivity (Wildman–Crippen MR) is 38.1 cm³/mol. The summed E-state index contributed by atoms with van der Waals surface area (Å²) >= 11 is 0. The SMILES string of the molecule is [CH]1CCN(C2CCC2)C1. The van der Waals surface area contributed by atoms with Crippen LogP contribution in [0.25, 0.3) is 0 Å². The van der Waals surface area contributed by atoms with Crippen molar-refractivity contribution in [2.75, 3.05) is 13.1 Å². The van der Waals surface area contributed by atoms with Crippen molar-refractivity contribution in [3.8, 4) is 0 Å². The maximum Gasteiger partial charge on any atom is 0.00953 e. The molecule has 1 saturated carbocycles. The Morgan fingerprint density at radius 1 is 1.33 bits per heavy atom. The lowest BCUT2D eigenvalue weighted by atomic mass is 9.92. The van der Waals surface area contributed by atoms with Crippen LogP contribution in [-0.4, -0.2) is 24.0 Å². The number of hydrogen-bond donors (Lipinski definition) is 0. The van der Waals surface area contributed by atoms with Crippen LogP contribution >= 0.6 is 0 Å². The molecule has 0 unspecified atom stereocenters. The average Bonchev–Trinajstić information content (AvgIpc) is 2.11. The zero-order valence-corrected chi connectivity index (χ0v) is 5.84. The third-order valence-electron chi connectivity index (χ3n) is 2.58. The Bertz CT molecular complexity index is 90.7. The standard InChI is InChI=1S/C8H14N/c1-2-7-9(6-1)8-4-3-5-8/h1,8H,2-7H2. The van der Waals surface area contributed by atoms with Gasteiger partial charge in [-0.05, 0) is 32.2 Å². The van der Waals surface area contributed by atoms with Gasteiger partial charge in [-0.3, -0.25) is 0 Å². The van der Waals surface area contributed by atoms with Crippen molar-refractivity contribution in [3.05, 3.63) is 6.42 Å². The maximum atomic E-state index is 2.61. The van der Waals surface area contributed by atoms with Crippen molar-refractivity contribution in [1.82, 2.24) is 4.90 Å². The molecule has 1 radical (unpaired) electrons. The van der Waals surface area contributed by atoms with Crippen molar-refractivity contribution >= 4 is 0 Å². The summed E-state index contributed by atoms with van der Waals surface area (Å²) in [6, 6.07) is 0.976. The van der Waals surface area contributed by atoms with Gasteiger partial charge in [-0.25, -0.2) is 0 Å². The molecule has 2 aliphatic rings. The molecular formula is C8H14N. The topological polar surface area (TPSA) is 3.24 Å². The second-order valence-corrected chi connectivity index (χ2v) is 3.16. The van der Waals surface area contributed by atoms with Gasteiger partial charge in [-0.1, -0.05) is 6.42 Å². The quantitative estimate of drug-likeness (QED) is 0.511. The van der Waals surface area contributed by atoms with Gasteiger partial charge in [-0.2, -0.15) is 0 Å². The normalized spacial score (nSPS) is 30.7. The Balaban J connectivity index is 1.82. The first-order chi connectivity index (χ1) is 4.47. The maximum absolute atomic E-state index is 2.61. The lowest BCUT2D eigenvalue weighted by Crippen LogP contribution is -2.37. The number of rotatable bonds is 1. The minimum Gasteiger partial charge on any atom is -0.300 e. The van der Waals surface area contributed by atoms with E-state index in [2.05, 4.69) is 11.3 Å². The molecule has 9 heavy (non-hydrogen) atoms. The van der Waals surface area contributed by atoms with E-state index in [0.717, 1.165) is 6.04 Å². The summed E-state index contributed by atoms with van der Waals surface area (Å²) in [7, 11) is 0. The lowest BCUT2D eigenvalue weighted by Gasteiger charge is -2.34. The second kappa shape index (κ2) is 2.30. The molecule has 1 aliphatic heterocycles. The van der Waals surface area contributed by atoms with Crippen molar-refractivity contribution in [1.29, 1.82) is 0 Å². The Morgan fingerprint density at radius 3 is 2.67 bits per heavy atom. The molecule has 0 aromatic rings. The van der Waals surface area contributed by atoms with Crippen LogP contribution in [0.1, 0.15) is 25.7 Å². The summed E-state index contributed by atoms with van der Waals surface area (Å²) in [6.45, 7) is 2.61. The largest absolute Gasteiger partial charge is 0.300 e. The smallest absolute Gasteiger partial charge is 0.00953 e. The summed E-state index contributed by atoms with van der Waals surface area (Å²) in [4.78, 5) is 2.61. The molecule has 1 saturated heterocycles. The van der Waals surface area contributed by atoms with Crippen LogP contribution < -0.4 is 0 Å². The van der Waals surface area contributed by atoms with Crippen LogP contribution in [0.3, 0.4) is 0 Å². The van der Waals surface area contributed by atoms with E-state index < -0.39 is 0 Å². The van der Waals surface area contributed by atoms with Crippen molar-refractivity contribution in [3.63, 3.8) is 0 Å². The van der Waals surface area contributed by atoms with Crippen LogP contribution in [0.2, 0.25) is 0 Å². The average molecular weight is 124 g/mol. The zero-order valence-electron chi connectivity index (χ0n) is 5.84. The van der Waals surface area contributed by atoms with Gasteiger partial charge in [0.05, 0.1) is 0 Å². The first-order valence-electron chi connectivity index (χ1n) is 4.02. The molecule has 0 bridgehead atoms. The highest BCUT2D eigenvalue weighted by Crippen LogP contribution is 2.26. The highest BCUT2D eigenvalue weighted by atomic mass is 15.2. The summed E-state index contributed by atoms with van der Waals surface area (Å²) < 4.78 is 0. The third kappa shape index (κ3) is 0.983. The highest BCUT2D eigenvalue weighted by Gasteiger charge is 2.26. The minimum absolute atomic E-state index is 0.976. The first kappa shape index (κ1) is 5.72. The number of nitrogens with zero attached hydrogens (tertiary/aromatic N) is 1. The molecule has 2 rings (SSSR count). The molecule has 2 fully saturated rings. The molecule has 0 spiro atoms. The third-order valence-corrected chi connectivity index (χ3v) is 2.58. The Hall–Kier alpha value is -0.0400. The Kier molecular flexibility index (Phi) is 1.46. The fourth-order valence-corrected chi connectivity index (χ4v) is 1.69. The van der Waals surface area contributed by atoms with E-state index in [1.807, 2.05) is 0 Å². The summed E-state index contributed by atoms with van der Waals surface area (Å²) in [6.07, 6.45) is 8.14. The molecule has 1 aliphatic carbocycles. The number of likely N-dealkylation sites (tertiary alicyclic amines) is 1. The molecule has 1 heteroatoms. The molecule has 1 nitrogen and oxygen atoms in total. The van der Waals surface area contributed by atoms with E-state index in [4.69, 9.17) is 0 Å². The summed E-state index contributed by atoms with van der Waals surface area (Å²) in [5, 5.41) is 0. The monoisotopic (exact) mass is 124 g/mol. The van der Waals surface area contributed by atoms with Gasteiger partial charge in [0, 0.05) is 12.6 Å². The van der Waals surface area contributed by atoms with Crippen LogP contribution in [0.15, 0.2) is 0 Å². The molecule has 1 heterocycles. The van der Waals surface area contributed by atoms with Gasteiger partial charge in [0.1, 0.15) is 0 Å². The molecule has 51 valence electrons. The van der Waals surface area contributed by atoms with Gasteiger partial charge in [0.15, 0.2) is 0 Å². The predicted octanol–water partition coefficient (Wildman–Crippen LogP) is 1.45. The number of hydrogen-bond acceptors (Lipinski definition) is 1. The fourth-order valence-electron chi connectivity index (χ4n) is 1.69.